The fraction of sp³-hybridized carbons (Fsp3) is 1.00. The first-order chi connectivity index (χ1) is 8.72. The van der Waals surface area contributed by atoms with Gasteiger partial charge >= 0.3 is 0 Å². The summed E-state index contributed by atoms with van der Waals surface area (Å²) in [5.74, 6) is 0.854. The van der Waals surface area contributed by atoms with Gasteiger partial charge in [0, 0.05) is 32.3 Å². The van der Waals surface area contributed by atoms with Crippen LogP contribution in [-0.2, 0) is 4.74 Å². The first-order valence-corrected chi connectivity index (χ1v) is 7.30. The van der Waals surface area contributed by atoms with Crippen molar-refractivity contribution in [2.75, 3.05) is 40.0 Å². The molecule has 0 saturated heterocycles. The molecule has 1 aliphatic rings. The van der Waals surface area contributed by atoms with E-state index in [0.717, 1.165) is 38.6 Å². The number of hydrogen-bond donors (Lipinski definition) is 2. The number of nitrogens with one attached hydrogen (secondary N) is 1. The molecular weight excluding hydrogens is 228 g/mol. The summed E-state index contributed by atoms with van der Waals surface area (Å²) < 4.78 is 5.19. The Morgan fingerprint density at radius 1 is 1.44 bits per heavy atom. The second kappa shape index (κ2) is 8.86. The highest BCUT2D eigenvalue weighted by Crippen LogP contribution is 2.35. The summed E-state index contributed by atoms with van der Waals surface area (Å²) in [4.78, 5) is 2.46. The Kier molecular flexibility index (Phi) is 7.82. The predicted octanol–water partition coefficient (Wildman–Crippen LogP) is 1.09. The number of aliphatic hydroxyl groups is 1. The lowest BCUT2D eigenvalue weighted by molar-refractivity contribution is 0.0970. The third kappa shape index (κ3) is 5.65. The van der Waals surface area contributed by atoms with E-state index in [2.05, 4.69) is 24.1 Å². The van der Waals surface area contributed by atoms with E-state index in [1.165, 1.54) is 12.8 Å². The van der Waals surface area contributed by atoms with Gasteiger partial charge in [0.25, 0.3) is 0 Å². The molecule has 2 unspecified atom stereocenters. The fourth-order valence-electron chi connectivity index (χ4n) is 2.36. The minimum absolute atomic E-state index is 0.183. The lowest BCUT2D eigenvalue weighted by atomic mass is 10.1. The first-order valence-electron chi connectivity index (χ1n) is 7.30. The van der Waals surface area contributed by atoms with Crippen LogP contribution < -0.4 is 5.32 Å². The van der Waals surface area contributed by atoms with Crippen LogP contribution in [0.15, 0.2) is 0 Å². The standard InChI is InChI=1S/C14H30N2O2/c1-4-7-15-14(11-17)10-16(8-9-18-3)12(2)13-5-6-13/h12-15,17H,4-11H2,1-3H3. The molecule has 0 amide bonds. The second-order valence-electron chi connectivity index (χ2n) is 5.40. The number of ether oxygens (including phenoxy) is 1. The molecule has 0 bridgehead atoms. The lowest BCUT2D eigenvalue weighted by Crippen LogP contribution is -2.48. The molecule has 108 valence electrons. The molecule has 0 aliphatic heterocycles. The number of methoxy groups -OCH3 is 1. The van der Waals surface area contributed by atoms with Crippen molar-refractivity contribution in [3.05, 3.63) is 0 Å². The number of hydrogen-bond acceptors (Lipinski definition) is 4. The van der Waals surface area contributed by atoms with Gasteiger partial charge in [-0.25, -0.2) is 0 Å². The minimum atomic E-state index is 0.183. The summed E-state index contributed by atoms with van der Waals surface area (Å²) in [5.41, 5.74) is 0. The maximum absolute atomic E-state index is 9.44. The van der Waals surface area contributed by atoms with Gasteiger partial charge in [-0.2, -0.15) is 0 Å². The summed E-state index contributed by atoms with van der Waals surface area (Å²) >= 11 is 0. The Morgan fingerprint density at radius 2 is 2.17 bits per heavy atom. The number of rotatable bonds is 11. The van der Waals surface area contributed by atoms with Gasteiger partial charge in [-0.1, -0.05) is 6.92 Å². The van der Waals surface area contributed by atoms with Gasteiger partial charge < -0.3 is 15.2 Å². The Balaban J connectivity index is 2.41. The molecular formula is C14H30N2O2. The molecule has 0 aromatic rings. The summed E-state index contributed by atoms with van der Waals surface area (Å²) in [6.45, 7) is 8.28. The predicted molar refractivity (Wildman–Crippen MR) is 74.8 cm³/mol. The maximum Gasteiger partial charge on any atom is 0.0597 e. The molecule has 0 heterocycles. The summed E-state index contributed by atoms with van der Waals surface area (Å²) in [5, 5.41) is 12.9. The van der Waals surface area contributed by atoms with Crippen molar-refractivity contribution in [2.24, 2.45) is 5.92 Å². The Bertz CT molecular complexity index is 210. The van der Waals surface area contributed by atoms with Crippen LogP contribution in [0.5, 0.6) is 0 Å². The zero-order chi connectivity index (χ0) is 13.4. The molecule has 1 fully saturated rings. The zero-order valence-corrected chi connectivity index (χ0v) is 12.2. The van der Waals surface area contributed by atoms with Crippen LogP contribution in [-0.4, -0.2) is 62.0 Å². The molecule has 4 nitrogen and oxygen atoms in total. The first kappa shape index (κ1) is 15.9. The fourth-order valence-corrected chi connectivity index (χ4v) is 2.36. The lowest BCUT2D eigenvalue weighted by Gasteiger charge is -2.32. The van der Waals surface area contributed by atoms with Gasteiger partial charge in [-0.05, 0) is 38.6 Å². The Labute approximate surface area is 112 Å². The second-order valence-corrected chi connectivity index (χ2v) is 5.40. The largest absolute Gasteiger partial charge is 0.395 e. The molecule has 2 atom stereocenters. The van der Waals surface area contributed by atoms with Crippen molar-refractivity contribution in [1.29, 1.82) is 0 Å². The normalized spacial score (nSPS) is 19.2. The molecule has 1 rings (SSSR count). The van der Waals surface area contributed by atoms with Crippen LogP contribution in [0.4, 0.5) is 0 Å². The van der Waals surface area contributed by atoms with E-state index in [1.54, 1.807) is 7.11 Å². The Hall–Kier alpha value is -0.160. The van der Waals surface area contributed by atoms with E-state index in [4.69, 9.17) is 4.74 Å². The van der Waals surface area contributed by atoms with Crippen LogP contribution in [0.3, 0.4) is 0 Å². The van der Waals surface area contributed by atoms with Crippen LogP contribution in [0.2, 0.25) is 0 Å². The molecule has 18 heavy (non-hydrogen) atoms. The van der Waals surface area contributed by atoms with Crippen molar-refractivity contribution in [1.82, 2.24) is 10.2 Å². The van der Waals surface area contributed by atoms with Gasteiger partial charge in [0.1, 0.15) is 0 Å². The molecule has 4 heteroatoms. The van der Waals surface area contributed by atoms with Crippen molar-refractivity contribution >= 4 is 0 Å². The van der Waals surface area contributed by atoms with Gasteiger partial charge in [0.2, 0.25) is 0 Å². The van der Waals surface area contributed by atoms with Crippen molar-refractivity contribution < 1.29 is 9.84 Å². The molecule has 1 aliphatic carbocycles. The van der Waals surface area contributed by atoms with Crippen LogP contribution in [0, 0.1) is 5.92 Å². The average molecular weight is 258 g/mol. The number of nitrogens with zero attached hydrogens (tertiary/aromatic N) is 1. The minimum Gasteiger partial charge on any atom is -0.395 e. The highest BCUT2D eigenvalue weighted by molar-refractivity contribution is 4.87. The van der Waals surface area contributed by atoms with Gasteiger partial charge in [0.15, 0.2) is 0 Å². The zero-order valence-electron chi connectivity index (χ0n) is 12.2. The van der Waals surface area contributed by atoms with E-state index >= 15 is 0 Å². The highest BCUT2D eigenvalue weighted by atomic mass is 16.5. The molecule has 0 aromatic carbocycles. The SMILES string of the molecule is CCCNC(CO)CN(CCOC)C(C)C1CC1. The van der Waals surface area contributed by atoms with Gasteiger partial charge in [-0.15, -0.1) is 0 Å². The summed E-state index contributed by atoms with van der Waals surface area (Å²) in [6, 6.07) is 0.792. The molecule has 0 aromatic heterocycles. The molecule has 2 N–H and O–H groups in total. The smallest absolute Gasteiger partial charge is 0.0597 e. The summed E-state index contributed by atoms with van der Waals surface area (Å²) in [6.07, 6.45) is 3.82. The average Bonchev–Trinajstić information content (AvgIpc) is 3.21. The topological polar surface area (TPSA) is 44.7 Å². The van der Waals surface area contributed by atoms with E-state index in [-0.39, 0.29) is 12.6 Å². The monoisotopic (exact) mass is 258 g/mol. The quantitative estimate of drug-likeness (QED) is 0.582. The molecule has 1 saturated carbocycles. The van der Waals surface area contributed by atoms with Crippen LogP contribution in [0.1, 0.15) is 33.1 Å². The van der Waals surface area contributed by atoms with Crippen LogP contribution in [0.25, 0.3) is 0 Å². The van der Waals surface area contributed by atoms with Crippen molar-refractivity contribution in [2.45, 2.75) is 45.2 Å². The third-order valence-electron chi connectivity index (χ3n) is 3.82. The van der Waals surface area contributed by atoms with Crippen molar-refractivity contribution in [3.8, 4) is 0 Å². The maximum atomic E-state index is 9.44. The highest BCUT2D eigenvalue weighted by Gasteiger charge is 2.32. The summed E-state index contributed by atoms with van der Waals surface area (Å²) in [7, 11) is 1.75. The van der Waals surface area contributed by atoms with Crippen LogP contribution >= 0.6 is 0 Å². The van der Waals surface area contributed by atoms with Gasteiger partial charge in [0.05, 0.1) is 13.2 Å². The Morgan fingerprint density at radius 3 is 2.67 bits per heavy atom. The van der Waals surface area contributed by atoms with Gasteiger partial charge in [-0.3, -0.25) is 4.90 Å². The van der Waals surface area contributed by atoms with E-state index in [0.29, 0.717) is 6.04 Å². The van der Waals surface area contributed by atoms with E-state index in [1.807, 2.05) is 0 Å². The van der Waals surface area contributed by atoms with Crippen molar-refractivity contribution in [3.63, 3.8) is 0 Å². The third-order valence-corrected chi connectivity index (χ3v) is 3.82. The molecule has 0 radical (unpaired) electrons. The van der Waals surface area contributed by atoms with E-state index < -0.39 is 0 Å². The van der Waals surface area contributed by atoms with E-state index in [9.17, 15) is 5.11 Å². The molecule has 0 spiro atoms. The number of aliphatic hydroxyl groups excluding tert-OH is 1.